The van der Waals surface area contributed by atoms with Crippen molar-refractivity contribution in [2.75, 3.05) is 13.7 Å². The highest BCUT2D eigenvalue weighted by Crippen LogP contribution is 2.09. The van der Waals surface area contributed by atoms with Crippen molar-refractivity contribution in [3.05, 3.63) is 24.0 Å². The van der Waals surface area contributed by atoms with Crippen LogP contribution in [0.1, 0.15) is 12.6 Å². The van der Waals surface area contributed by atoms with Crippen LogP contribution in [0.5, 0.6) is 5.75 Å². The van der Waals surface area contributed by atoms with Crippen molar-refractivity contribution in [3.63, 3.8) is 0 Å². The molecule has 0 radical (unpaired) electrons. The number of nitrogens with two attached hydrogens (primary N) is 1. The number of methoxy groups -OCH3 is 1. The van der Waals surface area contributed by atoms with Crippen LogP contribution in [0.4, 0.5) is 0 Å². The second kappa shape index (κ2) is 6.07. The highest BCUT2D eigenvalue weighted by atomic mass is 16.6. The fourth-order valence-corrected chi connectivity index (χ4v) is 1.15. The number of hydrogen-bond donors (Lipinski definition) is 1. The largest absolute Gasteiger partial charge is 0.480 e. The first-order valence-corrected chi connectivity index (χ1v) is 5.02. The Morgan fingerprint density at radius 3 is 2.81 bits per heavy atom. The summed E-state index contributed by atoms with van der Waals surface area (Å²) in [6.45, 7) is 1.81. The summed E-state index contributed by atoms with van der Waals surface area (Å²) >= 11 is 0. The number of carbonyl (C=O) groups is 1. The lowest BCUT2D eigenvalue weighted by atomic mass is 10.2. The Kier molecular flexibility index (Phi) is 4.72. The van der Waals surface area contributed by atoms with Gasteiger partial charge in [-0.2, -0.15) is 0 Å². The molecule has 88 valence electrons. The van der Waals surface area contributed by atoms with E-state index < -0.39 is 5.97 Å². The molecule has 0 bridgehead atoms. The summed E-state index contributed by atoms with van der Waals surface area (Å²) in [5, 5.41) is 0. The molecular formula is C11H16N2O3. The molecule has 1 atom stereocenters. The van der Waals surface area contributed by atoms with Gasteiger partial charge in [-0.3, -0.25) is 4.98 Å². The molecule has 0 saturated carbocycles. The van der Waals surface area contributed by atoms with Gasteiger partial charge in [-0.15, -0.1) is 0 Å². The van der Waals surface area contributed by atoms with Gasteiger partial charge in [-0.25, -0.2) is 4.79 Å². The molecule has 0 spiro atoms. The van der Waals surface area contributed by atoms with Crippen molar-refractivity contribution in [3.8, 4) is 5.75 Å². The predicted octanol–water partition coefficient (Wildman–Crippen LogP) is 0.523. The molecule has 1 aromatic heterocycles. The van der Waals surface area contributed by atoms with E-state index in [1.54, 1.807) is 12.3 Å². The third-order valence-electron chi connectivity index (χ3n) is 1.91. The van der Waals surface area contributed by atoms with Crippen molar-refractivity contribution in [1.82, 2.24) is 4.98 Å². The van der Waals surface area contributed by atoms with Gasteiger partial charge in [0.25, 0.3) is 0 Å². The number of rotatable bonds is 5. The third kappa shape index (κ3) is 4.27. The molecule has 1 heterocycles. The molecule has 0 aliphatic heterocycles. The lowest BCUT2D eigenvalue weighted by Crippen LogP contribution is -2.18. The number of nitrogens with zero attached hydrogens (tertiary/aromatic N) is 1. The fraction of sp³-hybridized carbons (Fsp3) is 0.455. The Balaban J connectivity index is 2.48. The Morgan fingerprint density at radius 2 is 2.31 bits per heavy atom. The molecule has 0 saturated heterocycles. The zero-order valence-corrected chi connectivity index (χ0v) is 9.47. The predicted molar refractivity (Wildman–Crippen MR) is 59.1 cm³/mol. The van der Waals surface area contributed by atoms with Crippen LogP contribution >= 0.6 is 0 Å². The van der Waals surface area contributed by atoms with Crippen LogP contribution in [-0.2, 0) is 16.0 Å². The molecule has 0 aliphatic rings. The number of pyridine rings is 1. The molecule has 2 N–H and O–H groups in total. The third-order valence-corrected chi connectivity index (χ3v) is 1.91. The van der Waals surface area contributed by atoms with Gasteiger partial charge in [0.05, 0.1) is 13.3 Å². The van der Waals surface area contributed by atoms with Gasteiger partial charge in [0.15, 0.2) is 6.61 Å². The van der Waals surface area contributed by atoms with Gasteiger partial charge >= 0.3 is 5.97 Å². The number of carbonyl (C=O) groups excluding carboxylic acids is 1. The van der Waals surface area contributed by atoms with Crippen molar-refractivity contribution >= 4 is 5.97 Å². The maximum absolute atomic E-state index is 10.8. The minimum Gasteiger partial charge on any atom is -0.480 e. The lowest BCUT2D eigenvalue weighted by Gasteiger charge is -2.06. The zero-order valence-electron chi connectivity index (χ0n) is 9.47. The van der Waals surface area contributed by atoms with Gasteiger partial charge in [-0.1, -0.05) is 0 Å². The highest BCUT2D eigenvalue weighted by Gasteiger charge is 2.03. The minimum absolute atomic E-state index is 0.0781. The van der Waals surface area contributed by atoms with E-state index in [9.17, 15) is 4.79 Å². The number of aromatic nitrogens is 1. The van der Waals surface area contributed by atoms with E-state index in [0.717, 1.165) is 12.1 Å². The summed E-state index contributed by atoms with van der Waals surface area (Å²) in [5.74, 6) is 0.124. The smallest absolute Gasteiger partial charge is 0.343 e. The van der Waals surface area contributed by atoms with Crippen LogP contribution < -0.4 is 10.5 Å². The topological polar surface area (TPSA) is 74.4 Å². The molecule has 5 nitrogen and oxygen atoms in total. The fourth-order valence-electron chi connectivity index (χ4n) is 1.15. The number of ether oxygens (including phenoxy) is 2. The normalized spacial score (nSPS) is 11.9. The molecule has 0 aromatic carbocycles. The van der Waals surface area contributed by atoms with Crippen molar-refractivity contribution in [1.29, 1.82) is 0 Å². The second-order valence-corrected chi connectivity index (χ2v) is 3.53. The first-order valence-electron chi connectivity index (χ1n) is 5.02. The summed E-state index contributed by atoms with van der Waals surface area (Å²) < 4.78 is 9.60. The number of hydrogen-bond acceptors (Lipinski definition) is 5. The Labute approximate surface area is 94.6 Å². The van der Waals surface area contributed by atoms with E-state index in [-0.39, 0.29) is 12.6 Å². The molecule has 0 amide bonds. The van der Waals surface area contributed by atoms with E-state index >= 15 is 0 Å². The van der Waals surface area contributed by atoms with Crippen LogP contribution in [0.25, 0.3) is 0 Å². The van der Waals surface area contributed by atoms with Gasteiger partial charge in [0.1, 0.15) is 5.75 Å². The first kappa shape index (κ1) is 12.4. The van der Waals surface area contributed by atoms with Crippen LogP contribution in [0.15, 0.2) is 18.3 Å². The van der Waals surface area contributed by atoms with Gasteiger partial charge < -0.3 is 15.2 Å². The quantitative estimate of drug-likeness (QED) is 0.738. The highest BCUT2D eigenvalue weighted by molar-refractivity contribution is 5.70. The standard InChI is InChI=1S/C11H16N2O3/c1-8(12)5-9-3-4-10(6-13-9)16-7-11(14)15-2/h3-4,6,8H,5,7,12H2,1-2H3. The number of esters is 1. The van der Waals surface area contributed by atoms with Gasteiger partial charge in [-0.05, 0) is 19.1 Å². The lowest BCUT2D eigenvalue weighted by molar-refractivity contribution is -0.142. The van der Waals surface area contributed by atoms with Crippen molar-refractivity contribution in [2.45, 2.75) is 19.4 Å². The van der Waals surface area contributed by atoms with E-state index in [1.165, 1.54) is 7.11 Å². The minimum atomic E-state index is -0.417. The maximum atomic E-state index is 10.8. The van der Waals surface area contributed by atoms with Crippen LogP contribution in [0.3, 0.4) is 0 Å². The van der Waals surface area contributed by atoms with Crippen LogP contribution in [0, 0.1) is 0 Å². The average molecular weight is 224 g/mol. The Morgan fingerprint density at radius 1 is 1.56 bits per heavy atom. The SMILES string of the molecule is COC(=O)COc1ccc(CC(C)N)nc1. The van der Waals surface area contributed by atoms with E-state index in [4.69, 9.17) is 10.5 Å². The average Bonchev–Trinajstić information content (AvgIpc) is 2.27. The molecule has 1 unspecified atom stereocenters. The summed E-state index contributed by atoms with van der Waals surface area (Å²) in [7, 11) is 1.32. The zero-order chi connectivity index (χ0) is 12.0. The maximum Gasteiger partial charge on any atom is 0.343 e. The second-order valence-electron chi connectivity index (χ2n) is 3.53. The molecule has 5 heteroatoms. The summed E-state index contributed by atoms with van der Waals surface area (Å²) in [5.41, 5.74) is 6.55. The molecular weight excluding hydrogens is 208 g/mol. The first-order chi connectivity index (χ1) is 7.61. The van der Waals surface area contributed by atoms with Crippen molar-refractivity contribution < 1.29 is 14.3 Å². The molecule has 0 aliphatic carbocycles. The van der Waals surface area contributed by atoms with E-state index in [0.29, 0.717) is 5.75 Å². The summed E-state index contributed by atoms with van der Waals surface area (Å²) in [6, 6.07) is 3.67. The Bertz CT molecular complexity index is 336. The van der Waals surface area contributed by atoms with E-state index in [1.807, 2.05) is 13.0 Å². The molecule has 1 rings (SSSR count). The van der Waals surface area contributed by atoms with Crippen LogP contribution in [-0.4, -0.2) is 30.7 Å². The Hall–Kier alpha value is -1.62. The molecule has 0 fully saturated rings. The summed E-state index contributed by atoms with van der Waals surface area (Å²) in [6.07, 6.45) is 2.29. The van der Waals surface area contributed by atoms with Gasteiger partial charge in [0, 0.05) is 18.2 Å². The van der Waals surface area contributed by atoms with Crippen LogP contribution in [0.2, 0.25) is 0 Å². The van der Waals surface area contributed by atoms with Crippen molar-refractivity contribution in [2.24, 2.45) is 5.73 Å². The van der Waals surface area contributed by atoms with E-state index in [2.05, 4.69) is 9.72 Å². The van der Waals surface area contributed by atoms with Gasteiger partial charge in [0.2, 0.25) is 0 Å². The molecule has 1 aromatic rings. The summed E-state index contributed by atoms with van der Waals surface area (Å²) in [4.78, 5) is 15.0. The molecule has 16 heavy (non-hydrogen) atoms. The monoisotopic (exact) mass is 224 g/mol.